The molecule has 0 amide bonds. The maximum atomic E-state index is 4.59. The molecule has 5 nitrogen and oxygen atoms in total. The van der Waals surface area contributed by atoms with Crippen LogP contribution in [0.5, 0.6) is 0 Å². The molecule has 1 fully saturated rings. The number of hydrogen-bond donors (Lipinski definition) is 2. The number of aryl methyl sites for hydroxylation is 1. The Morgan fingerprint density at radius 2 is 2.20 bits per heavy atom. The Bertz CT molecular complexity index is 564. The summed E-state index contributed by atoms with van der Waals surface area (Å²) in [5, 5.41) is 6.67. The van der Waals surface area contributed by atoms with Crippen LogP contribution in [0, 0.1) is 6.92 Å². The maximum absolute atomic E-state index is 4.59. The molecular formula is C15H19N5. The normalized spacial score (nSPS) is 18.8. The van der Waals surface area contributed by atoms with Crippen molar-refractivity contribution in [2.45, 2.75) is 25.7 Å². The molecule has 0 unspecified atom stereocenters. The van der Waals surface area contributed by atoms with Gasteiger partial charge in [0.05, 0.1) is 5.69 Å². The minimum Gasteiger partial charge on any atom is -0.325 e. The number of nitrogens with zero attached hydrogens (tertiary/aromatic N) is 3. The Morgan fingerprint density at radius 3 is 2.95 bits per heavy atom. The van der Waals surface area contributed by atoms with E-state index >= 15 is 0 Å². The fourth-order valence-corrected chi connectivity index (χ4v) is 2.54. The second kappa shape index (κ2) is 5.96. The van der Waals surface area contributed by atoms with Gasteiger partial charge in [-0.1, -0.05) is 6.07 Å². The molecule has 0 bridgehead atoms. The third-order valence-electron chi connectivity index (χ3n) is 3.49. The van der Waals surface area contributed by atoms with Gasteiger partial charge in [-0.3, -0.25) is 0 Å². The van der Waals surface area contributed by atoms with Gasteiger partial charge in [-0.15, -0.1) is 0 Å². The monoisotopic (exact) mass is 269 g/mol. The van der Waals surface area contributed by atoms with Crippen LogP contribution in [-0.4, -0.2) is 28.0 Å². The Balaban J connectivity index is 1.82. The maximum Gasteiger partial charge on any atom is 0.135 e. The molecule has 1 aliphatic rings. The largest absolute Gasteiger partial charge is 0.325 e. The van der Waals surface area contributed by atoms with Crippen molar-refractivity contribution in [1.82, 2.24) is 20.3 Å². The molecule has 0 spiro atoms. The molecule has 0 saturated carbocycles. The van der Waals surface area contributed by atoms with Gasteiger partial charge in [-0.05, 0) is 38.4 Å². The molecule has 1 saturated heterocycles. The molecule has 1 atom stereocenters. The van der Waals surface area contributed by atoms with Gasteiger partial charge in [-0.25, -0.2) is 15.0 Å². The Morgan fingerprint density at radius 1 is 1.25 bits per heavy atom. The van der Waals surface area contributed by atoms with Crippen molar-refractivity contribution in [2.75, 3.05) is 18.4 Å². The van der Waals surface area contributed by atoms with Crippen molar-refractivity contribution in [1.29, 1.82) is 0 Å². The quantitative estimate of drug-likeness (QED) is 0.896. The molecule has 3 heterocycles. The van der Waals surface area contributed by atoms with Crippen molar-refractivity contribution in [3.63, 3.8) is 0 Å². The summed E-state index contributed by atoms with van der Waals surface area (Å²) in [4.78, 5) is 13.3. The minimum absolute atomic E-state index is 0.481. The van der Waals surface area contributed by atoms with Gasteiger partial charge in [0.25, 0.3) is 0 Å². The molecule has 2 aromatic heterocycles. The molecule has 1 aliphatic heterocycles. The molecule has 0 radical (unpaired) electrons. The SMILES string of the molecule is Cc1nc(Nc2ccccn2)cc([C@H]2CCCNC2)n1. The lowest BCUT2D eigenvalue weighted by atomic mass is 9.96. The average molecular weight is 269 g/mol. The fraction of sp³-hybridized carbons (Fsp3) is 0.400. The zero-order valence-corrected chi connectivity index (χ0v) is 11.6. The highest BCUT2D eigenvalue weighted by Gasteiger charge is 2.17. The van der Waals surface area contributed by atoms with Gasteiger partial charge in [0.15, 0.2) is 0 Å². The van der Waals surface area contributed by atoms with Crippen molar-refractivity contribution >= 4 is 11.6 Å². The number of pyridine rings is 1. The van der Waals surface area contributed by atoms with E-state index in [2.05, 4.69) is 25.6 Å². The summed E-state index contributed by atoms with van der Waals surface area (Å²) < 4.78 is 0. The van der Waals surface area contributed by atoms with Gasteiger partial charge in [-0.2, -0.15) is 0 Å². The van der Waals surface area contributed by atoms with Crippen LogP contribution < -0.4 is 10.6 Å². The van der Waals surface area contributed by atoms with E-state index in [-0.39, 0.29) is 0 Å². The molecular weight excluding hydrogens is 250 g/mol. The third kappa shape index (κ3) is 3.11. The topological polar surface area (TPSA) is 62.7 Å². The van der Waals surface area contributed by atoms with Gasteiger partial charge in [0, 0.05) is 24.7 Å². The fourth-order valence-electron chi connectivity index (χ4n) is 2.54. The lowest BCUT2D eigenvalue weighted by Crippen LogP contribution is -2.29. The minimum atomic E-state index is 0.481. The standard InChI is InChI=1S/C15H19N5/c1-11-18-13(12-5-4-7-16-10-12)9-15(19-11)20-14-6-2-3-8-17-14/h2-3,6,8-9,12,16H,4-5,7,10H2,1H3,(H,17,18,19,20)/t12-/m0/s1. The molecule has 5 heteroatoms. The molecule has 20 heavy (non-hydrogen) atoms. The molecule has 104 valence electrons. The first-order valence-corrected chi connectivity index (χ1v) is 7.05. The first-order chi connectivity index (χ1) is 9.81. The zero-order chi connectivity index (χ0) is 13.8. The van der Waals surface area contributed by atoms with Crippen LogP contribution in [0.4, 0.5) is 11.6 Å². The number of rotatable bonds is 3. The van der Waals surface area contributed by atoms with E-state index in [1.807, 2.05) is 31.2 Å². The Labute approximate surface area is 118 Å². The lowest BCUT2D eigenvalue weighted by Gasteiger charge is -2.22. The number of aromatic nitrogens is 3. The predicted molar refractivity (Wildman–Crippen MR) is 79.1 cm³/mol. The summed E-state index contributed by atoms with van der Waals surface area (Å²) >= 11 is 0. The van der Waals surface area contributed by atoms with E-state index in [4.69, 9.17) is 0 Å². The predicted octanol–water partition coefficient (Wildman–Crippen LogP) is 2.39. The van der Waals surface area contributed by atoms with Crippen LogP contribution in [0.15, 0.2) is 30.5 Å². The van der Waals surface area contributed by atoms with E-state index in [0.29, 0.717) is 5.92 Å². The van der Waals surface area contributed by atoms with Gasteiger partial charge >= 0.3 is 0 Å². The van der Waals surface area contributed by atoms with E-state index in [9.17, 15) is 0 Å². The van der Waals surface area contributed by atoms with Crippen molar-refractivity contribution in [2.24, 2.45) is 0 Å². The summed E-state index contributed by atoms with van der Waals surface area (Å²) in [7, 11) is 0. The molecule has 0 aromatic carbocycles. The van der Waals surface area contributed by atoms with Crippen molar-refractivity contribution < 1.29 is 0 Å². The molecule has 0 aliphatic carbocycles. The summed E-state index contributed by atoms with van der Waals surface area (Å²) in [5.41, 5.74) is 1.11. The number of anilines is 2. The molecule has 2 aromatic rings. The number of piperidine rings is 1. The van der Waals surface area contributed by atoms with Crippen LogP contribution in [0.25, 0.3) is 0 Å². The highest BCUT2D eigenvalue weighted by molar-refractivity contribution is 5.51. The third-order valence-corrected chi connectivity index (χ3v) is 3.49. The summed E-state index contributed by atoms with van der Waals surface area (Å²) in [6, 6.07) is 7.82. The first kappa shape index (κ1) is 13.0. The van der Waals surface area contributed by atoms with Crippen LogP contribution in [0.3, 0.4) is 0 Å². The van der Waals surface area contributed by atoms with Crippen molar-refractivity contribution in [3.8, 4) is 0 Å². The van der Waals surface area contributed by atoms with Gasteiger partial charge < -0.3 is 10.6 Å². The highest BCUT2D eigenvalue weighted by atomic mass is 15.1. The molecule has 3 rings (SSSR count). The average Bonchev–Trinajstić information content (AvgIpc) is 2.49. The smallest absolute Gasteiger partial charge is 0.135 e. The number of nitrogens with one attached hydrogen (secondary N) is 2. The van der Waals surface area contributed by atoms with E-state index < -0.39 is 0 Å². The second-order valence-electron chi connectivity index (χ2n) is 5.11. The summed E-state index contributed by atoms with van der Waals surface area (Å²) in [6.45, 7) is 4.04. The molecule has 2 N–H and O–H groups in total. The van der Waals surface area contributed by atoms with Crippen LogP contribution in [0.1, 0.15) is 30.3 Å². The first-order valence-electron chi connectivity index (χ1n) is 7.05. The summed E-state index contributed by atoms with van der Waals surface area (Å²) in [6.07, 6.45) is 4.16. The number of hydrogen-bond acceptors (Lipinski definition) is 5. The summed E-state index contributed by atoms with van der Waals surface area (Å²) in [5.74, 6) is 2.90. The van der Waals surface area contributed by atoms with E-state index in [1.165, 1.54) is 12.8 Å². The highest BCUT2D eigenvalue weighted by Crippen LogP contribution is 2.24. The van der Waals surface area contributed by atoms with E-state index in [0.717, 1.165) is 36.2 Å². The second-order valence-corrected chi connectivity index (χ2v) is 5.11. The Kier molecular flexibility index (Phi) is 3.87. The Hall–Kier alpha value is -2.01. The van der Waals surface area contributed by atoms with Gasteiger partial charge in [0.1, 0.15) is 17.5 Å². The lowest BCUT2D eigenvalue weighted by molar-refractivity contribution is 0.453. The zero-order valence-electron chi connectivity index (χ0n) is 11.6. The van der Waals surface area contributed by atoms with Crippen molar-refractivity contribution in [3.05, 3.63) is 42.0 Å². The van der Waals surface area contributed by atoms with Crippen LogP contribution in [-0.2, 0) is 0 Å². The van der Waals surface area contributed by atoms with E-state index in [1.54, 1.807) is 6.20 Å². The van der Waals surface area contributed by atoms with Crippen LogP contribution in [0.2, 0.25) is 0 Å². The van der Waals surface area contributed by atoms with Crippen LogP contribution >= 0.6 is 0 Å². The van der Waals surface area contributed by atoms with Gasteiger partial charge in [0.2, 0.25) is 0 Å².